The lowest BCUT2D eigenvalue weighted by molar-refractivity contribution is -0.137. The summed E-state index contributed by atoms with van der Waals surface area (Å²) in [5.74, 6) is -0.406. The first-order valence-corrected chi connectivity index (χ1v) is 6.48. The number of ether oxygens (including phenoxy) is 1. The average Bonchev–Trinajstić information content (AvgIpc) is 2.88. The molecular weight excluding hydrogens is 295 g/mol. The van der Waals surface area contributed by atoms with E-state index in [2.05, 4.69) is 5.32 Å². The van der Waals surface area contributed by atoms with Crippen LogP contribution in [0.25, 0.3) is 0 Å². The zero-order chi connectivity index (χ0) is 14.8. The van der Waals surface area contributed by atoms with Gasteiger partial charge in [-0.15, -0.1) is 0 Å². The van der Waals surface area contributed by atoms with Crippen LogP contribution < -0.4 is 5.32 Å². The van der Waals surface area contributed by atoms with Crippen molar-refractivity contribution in [1.82, 2.24) is 5.32 Å². The second kappa shape index (κ2) is 6.01. The fraction of sp³-hybridized carbons (Fsp3) is 0.462. The van der Waals surface area contributed by atoms with Gasteiger partial charge >= 0.3 is 6.18 Å². The third kappa shape index (κ3) is 3.64. The predicted octanol–water partition coefficient (Wildman–Crippen LogP) is 3.13. The molecule has 0 radical (unpaired) electrons. The highest BCUT2D eigenvalue weighted by atomic mass is 35.5. The zero-order valence-electron chi connectivity index (χ0n) is 10.5. The van der Waals surface area contributed by atoms with Crippen molar-refractivity contribution in [1.29, 1.82) is 0 Å². The van der Waals surface area contributed by atoms with E-state index in [1.54, 1.807) is 0 Å². The van der Waals surface area contributed by atoms with Crippen LogP contribution in [0.5, 0.6) is 0 Å². The van der Waals surface area contributed by atoms with Gasteiger partial charge in [0.25, 0.3) is 5.91 Å². The molecule has 1 fully saturated rings. The molecule has 0 aromatic heterocycles. The first-order chi connectivity index (χ1) is 9.38. The van der Waals surface area contributed by atoms with Gasteiger partial charge in [-0.05, 0) is 24.6 Å². The summed E-state index contributed by atoms with van der Waals surface area (Å²) in [5.41, 5.74) is -1.06. The van der Waals surface area contributed by atoms with Gasteiger partial charge in [0.05, 0.1) is 22.8 Å². The molecule has 110 valence electrons. The number of rotatable bonds is 3. The smallest absolute Gasteiger partial charge is 0.381 e. The summed E-state index contributed by atoms with van der Waals surface area (Å²) >= 11 is 5.78. The van der Waals surface area contributed by atoms with Crippen LogP contribution in [0.4, 0.5) is 13.2 Å². The number of halogens is 4. The second-order valence-corrected chi connectivity index (χ2v) is 5.04. The molecule has 0 bridgehead atoms. The van der Waals surface area contributed by atoms with E-state index in [0.29, 0.717) is 19.8 Å². The third-order valence-corrected chi connectivity index (χ3v) is 3.44. The van der Waals surface area contributed by atoms with E-state index >= 15 is 0 Å². The normalized spacial score (nSPS) is 19.1. The van der Waals surface area contributed by atoms with Gasteiger partial charge in [-0.1, -0.05) is 11.6 Å². The molecule has 1 amide bonds. The Morgan fingerprint density at radius 1 is 1.45 bits per heavy atom. The highest BCUT2D eigenvalue weighted by Crippen LogP contribution is 2.31. The van der Waals surface area contributed by atoms with Gasteiger partial charge in [-0.25, -0.2) is 0 Å². The molecule has 1 unspecified atom stereocenters. The molecule has 20 heavy (non-hydrogen) atoms. The highest BCUT2D eigenvalue weighted by Gasteiger charge is 2.31. The minimum Gasteiger partial charge on any atom is -0.381 e. The Morgan fingerprint density at radius 2 is 2.20 bits per heavy atom. The Bertz CT molecular complexity index is 499. The fourth-order valence-corrected chi connectivity index (χ4v) is 2.16. The van der Waals surface area contributed by atoms with Crippen molar-refractivity contribution in [2.75, 3.05) is 19.8 Å². The van der Waals surface area contributed by atoms with Gasteiger partial charge < -0.3 is 10.1 Å². The molecule has 1 atom stereocenters. The van der Waals surface area contributed by atoms with Gasteiger partial charge in [0.2, 0.25) is 0 Å². The molecule has 1 aliphatic heterocycles. The van der Waals surface area contributed by atoms with Crippen LogP contribution in [0.2, 0.25) is 5.02 Å². The van der Waals surface area contributed by atoms with E-state index in [-0.39, 0.29) is 16.5 Å². The fourth-order valence-electron chi connectivity index (χ4n) is 1.95. The van der Waals surface area contributed by atoms with Crippen molar-refractivity contribution < 1.29 is 22.7 Å². The molecular formula is C13H13ClF3NO2. The Hall–Kier alpha value is -1.27. The molecule has 1 aliphatic rings. The van der Waals surface area contributed by atoms with Crippen LogP contribution >= 0.6 is 11.6 Å². The molecule has 3 nitrogen and oxygen atoms in total. The number of alkyl halides is 3. The number of amides is 1. The summed E-state index contributed by atoms with van der Waals surface area (Å²) < 4.78 is 43.0. The Kier molecular flexibility index (Phi) is 4.55. The van der Waals surface area contributed by atoms with E-state index < -0.39 is 17.6 Å². The molecule has 7 heteroatoms. The van der Waals surface area contributed by atoms with Gasteiger partial charge in [-0.2, -0.15) is 13.2 Å². The first kappa shape index (κ1) is 15.1. The number of carbonyl (C=O) groups is 1. The molecule has 2 rings (SSSR count). The quantitative estimate of drug-likeness (QED) is 0.932. The summed E-state index contributed by atoms with van der Waals surface area (Å²) in [6.45, 7) is 1.56. The molecule has 0 saturated carbocycles. The SMILES string of the molecule is O=C(NCC1CCOC1)c1cc(C(F)(F)F)ccc1Cl. The van der Waals surface area contributed by atoms with Crippen LogP contribution in [0.3, 0.4) is 0 Å². The Morgan fingerprint density at radius 3 is 2.80 bits per heavy atom. The Balaban J connectivity index is 2.08. The highest BCUT2D eigenvalue weighted by molar-refractivity contribution is 6.33. The van der Waals surface area contributed by atoms with E-state index in [4.69, 9.17) is 16.3 Å². The number of benzene rings is 1. The summed E-state index contributed by atoms with van der Waals surface area (Å²) in [6.07, 6.45) is -3.67. The van der Waals surface area contributed by atoms with Crippen LogP contribution in [-0.4, -0.2) is 25.7 Å². The summed E-state index contributed by atoms with van der Waals surface area (Å²) in [6, 6.07) is 2.70. The second-order valence-electron chi connectivity index (χ2n) is 4.63. The first-order valence-electron chi connectivity index (χ1n) is 6.10. The molecule has 1 aromatic rings. The minimum absolute atomic E-state index is 0.00169. The average molecular weight is 308 g/mol. The lowest BCUT2D eigenvalue weighted by atomic mass is 10.1. The van der Waals surface area contributed by atoms with Crippen LogP contribution in [0, 0.1) is 5.92 Å². The number of hydrogen-bond acceptors (Lipinski definition) is 2. The lowest BCUT2D eigenvalue weighted by Gasteiger charge is -2.12. The monoisotopic (exact) mass is 307 g/mol. The maximum absolute atomic E-state index is 12.6. The van der Waals surface area contributed by atoms with Crippen LogP contribution in [0.1, 0.15) is 22.3 Å². The molecule has 1 saturated heterocycles. The van der Waals surface area contributed by atoms with Crippen molar-refractivity contribution in [3.8, 4) is 0 Å². The van der Waals surface area contributed by atoms with Crippen molar-refractivity contribution in [3.63, 3.8) is 0 Å². The van der Waals surface area contributed by atoms with Gasteiger partial charge in [0, 0.05) is 19.1 Å². The maximum atomic E-state index is 12.6. The largest absolute Gasteiger partial charge is 0.416 e. The van der Waals surface area contributed by atoms with E-state index in [9.17, 15) is 18.0 Å². The van der Waals surface area contributed by atoms with E-state index in [1.807, 2.05) is 0 Å². The number of nitrogens with one attached hydrogen (secondary N) is 1. The molecule has 1 N–H and O–H groups in total. The van der Waals surface area contributed by atoms with E-state index in [0.717, 1.165) is 24.6 Å². The Labute approximate surface area is 119 Å². The van der Waals surface area contributed by atoms with Crippen molar-refractivity contribution >= 4 is 17.5 Å². The van der Waals surface area contributed by atoms with Crippen molar-refractivity contribution in [3.05, 3.63) is 34.3 Å². The maximum Gasteiger partial charge on any atom is 0.416 e. The summed E-state index contributed by atoms with van der Waals surface area (Å²) in [7, 11) is 0. The predicted molar refractivity (Wildman–Crippen MR) is 67.7 cm³/mol. The van der Waals surface area contributed by atoms with Gasteiger partial charge in [-0.3, -0.25) is 4.79 Å². The van der Waals surface area contributed by atoms with Crippen molar-refractivity contribution in [2.45, 2.75) is 12.6 Å². The molecule has 1 heterocycles. The standard InChI is InChI=1S/C13H13ClF3NO2/c14-11-2-1-9(13(15,16)17)5-10(11)12(19)18-6-8-3-4-20-7-8/h1-2,5,8H,3-4,6-7H2,(H,18,19). The molecule has 0 aliphatic carbocycles. The summed E-state index contributed by atoms with van der Waals surface area (Å²) in [4.78, 5) is 11.9. The topological polar surface area (TPSA) is 38.3 Å². The molecule has 0 spiro atoms. The number of carbonyl (C=O) groups excluding carboxylic acids is 1. The number of hydrogen-bond donors (Lipinski definition) is 1. The molecule has 1 aromatic carbocycles. The van der Waals surface area contributed by atoms with E-state index in [1.165, 1.54) is 0 Å². The van der Waals surface area contributed by atoms with Gasteiger partial charge in [0.15, 0.2) is 0 Å². The van der Waals surface area contributed by atoms with Crippen molar-refractivity contribution in [2.24, 2.45) is 5.92 Å². The zero-order valence-corrected chi connectivity index (χ0v) is 11.2. The van der Waals surface area contributed by atoms with Gasteiger partial charge in [0.1, 0.15) is 0 Å². The summed E-state index contributed by atoms with van der Waals surface area (Å²) in [5, 5.41) is 2.59. The lowest BCUT2D eigenvalue weighted by Crippen LogP contribution is -2.30. The minimum atomic E-state index is -4.50. The van der Waals surface area contributed by atoms with Crippen LogP contribution in [0.15, 0.2) is 18.2 Å². The third-order valence-electron chi connectivity index (χ3n) is 3.11. The van der Waals surface area contributed by atoms with Crippen LogP contribution in [-0.2, 0) is 10.9 Å².